The van der Waals surface area contributed by atoms with Gasteiger partial charge in [0, 0.05) is 5.54 Å². The first-order valence-corrected chi connectivity index (χ1v) is 6.35. The van der Waals surface area contributed by atoms with E-state index in [9.17, 15) is 4.79 Å². The highest BCUT2D eigenvalue weighted by molar-refractivity contribution is 9.10. The van der Waals surface area contributed by atoms with Crippen LogP contribution < -0.4 is 4.74 Å². The minimum atomic E-state index is -0.944. The Balaban J connectivity index is 2.49. The highest BCUT2D eigenvalue weighted by Gasteiger charge is 2.25. The molecule has 0 fully saturated rings. The monoisotopic (exact) mass is 316 g/mol. The summed E-state index contributed by atoms with van der Waals surface area (Å²) in [4.78, 5) is 16.5. The number of hydrogen-bond donors (Lipinski definition) is 1. The molecule has 0 spiro atoms. The Hall–Kier alpha value is -1.30. The summed E-state index contributed by atoms with van der Waals surface area (Å²) in [6.45, 7) is 6.16. The normalized spacial score (nSPS) is 11.1. The van der Waals surface area contributed by atoms with Crippen molar-refractivity contribution in [3.8, 4) is 5.75 Å². The van der Waals surface area contributed by atoms with Gasteiger partial charge in [-0.05, 0) is 48.8 Å². The van der Waals surface area contributed by atoms with Gasteiger partial charge in [0.15, 0.2) is 0 Å². The molecule has 0 aliphatic carbocycles. The molecule has 1 heterocycles. The van der Waals surface area contributed by atoms with Crippen LogP contribution in [0.3, 0.4) is 0 Å². The van der Waals surface area contributed by atoms with Gasteiger partial charge in [-0.2, -0.15) is 0 Å². The highest BCUT2D eigenvalue weighted by Crippen LogP contribution is 2.15. The van der Waals surface area contributed by atoms with E-state index < -0.39 is 11.6 Å². The molecule has 1 N–H and O–H groups in total. The summed E-state index contributed by atoms with van der Waals surface area (Å²) in [5.74, 6) is 0.623. The van der Waals surface area contributed by atoms with Crippen molar-refractivity contribution in [1.29, 1.82) is 0 Å². The lowest BCUT2D eigenvalue weighted by Crippen LogP contribution is -2.46. The van der Waals surface area contributed by atoms with Crippen molar-refractivity contribution in [2.75, 3.05) is 13.2 Å². The molecule has 18 heavy (non-hydrogen) atoms. The lowest BCUT2D eigenvalue weighted by molar-refractivity contribution is 0.0891. The Kier molecular flexibility index (Phi) is 4.95. The molecule has 0 aliphatic rings. The first-order valence-electron chi connectivity index (χ1n) is 5.55. The van der Waals surface area contributed by atoms with Gasteiger partial charge in [0.25, 0.3) is 0 Å². The second kappa shape index (κ2) is 6.04. The van der Waals surface area contributed by atoms with Gasteiger partial charge in [-0.15, -0.1) is 0 Å². The van der Waals surface area contributed by atoms with Gasteiger partial charge in [-0.25, -0.2) is 9.78 Å². The van der Waals surface area contributed by atoms with Gasteiger partial charge in [0.2, 0.25) is 0 Å². The molecule has 1 aromatic heterocycles. The van der Waals surface area contributed by atoms with E-state index in [1.54, 1.807) is 18.3 Å². The molecule has 0 bridgehead atoms. The molecule has 0 unspecified atom stereocenters. The van der Waals surface area contributed by atoms with Crippen LogP contribution in [0.4, 0.5) is 4.79 Å². The largest absolute Gasteiger partial charge is 0.490 e. The fourth-order valence-corrected chi connectivity index (χ4v) is 1.65. The number of rotatable bonds is 4. The lowest BCUT2D eigenvalue weighted by Gasteiger charge is -2.32. The summed E-state index contributed by atoms with van der Waals surface area (Å²) in [6.07, 6.45) is 0.645. The van der Waals surface area contributed by atoms with E-state index in [4.69, 9.17) is 9.84 Å². The lowest BCUT2D eigenvalue weighted by atomic mass is 10.1. The van der Waals surface area contributed by atoms with E-state index >= 15 is 0 Å². The standard InChI is InChI=1S/C12H17BrN2O3/c1-12(2,3)15(11(16)17)6-7-18-9-4-5-10(13)14-8-9/h4-5,8H,6-7H2,1-3H3,(H,16,17). The number of pyridine rings is 1. The second-order valence-electron chi connectivity index (χ2n) is 4.77. The summed E-state index contributed by atoms with van der Waals surface area (Å²) in [7, 11) is 0. The molecule has 0 radical (unpaired) electrons. The SMILES string of the molecule is CC(C)(C)N(CCOc1ccc(Br)nc1)C(=O)O. The molecule has 5 nitrogen and oxygen atoms in total. The fraction of sp³-hybridized carbons (Fsp3) is 0.500. The molecule has 6 heteroatoms. The molecule has 1 aromatic rings. The second-order valence-corrected chi connectivity index (χ2v) is 5.58. The first-order chi connectivity index (χ1) is 8.30. The maximum Gasteiger partial charge on any atom is 0.407 e. The molecule has 0 atom stereocenters. The first kappa shape index (κ1) is 14.8. The molecule has 0 saturated carbocycles. The summed E-state index contributed by atoms with van der Waals surface area (Å²) in [6, 6.07) is 3.55. The van der Waals surface area contributed by atoms with Crippen LogP contribution in [-0.4, -0.2) is 39.8 Å². The van der Waals surface area contributed by atoms with Gasteiger partial charge in [0.05, 0.1) is 12.7 Å². The minimum absolute atomic E-state index is 0.298. The molecule has 100 valence electrons. The Morgan fingerprint density at radius 2 is 2.17 bits per heavy atom. The number of ether oxygens (including phenoxy) is 1. The highest BCUT2D eigenvalue weighted by atomic mass is 79.9. The maximum absolute atomic E-state index is 11.1. The Bertz CT molecular complexity index is 401. The number of aromatic nitrogens is 1. The summed E-state index contributed by atoms with van der Waals surface area (Å²) < 4.78 is 6.18. The zero-order chi connectivity index (χ0) is 13.8. The third-order valence-corrected chi connectivity index (χ3v) is 2.79. The van der Waals surface area contributed by atoms with Crippen LogP contribution in [0.15, 0.2) is 22.9 Å². The summed E-state index contributed by atoms with van der Waals surface area (Å²) >= 11 is 3.23. The van der Waals surface area contributed by atoms with Crippen molar-refractivity contribution in [2.24, 2.45) is 0 Å². The molecule has 0 aromatic carbocycles. The number of carbonyl (C=O) groups is 1. The molecular weight excluding hydrogens is 300 g/mol. The van der Waals surface area contributed by atoms with E-state index in [0.717, 1.165) is 4.60 Å². The van der Waals surface area contributed by atoms with Crippen LogP contribution in [0.1, 0.15) is 20.8 Å². The number of nitrogens with zero attached hydrogens (tertiary/aromatic N) is 2. The molecular formula is C12H17BrN2O3. The third-order valence-electron chi connectivity index (χ3n) is 2.32. The van der Waals surface area contributed by atoms with E-state index in [2.05, 4.69) is 20.9 Å². The van der Waals surface area contributed by atoms with Crippen LogP contribution in [0.25, 0.3) is 0 Å². The van der Waals surface area contributed by atoms with E-state index in [1.807, 2.05) is 20.8 Å². The van der Waals surface area contributed by atoms with Gasteiger partial charge >= 0.3 is 6.09 Å². The van der Waals surface area contributed by atoms with Crippen molar-refractivity contribution >= 4 is 22.0 Å². The van der Waals surface area contributed by atoms with Crippen LogP contribution in [0.5, 0.6) is 5.75 Å². The average Bonchev–Trinajstić information content (AvgIpc) is 2.24. The van der Waals surface area contributed by atoms with Crippen molar-refractivity contribution < 1.29 is 14.6 Å². The zero-order valence-electron chi connectivity index (χ0n) is 10.7. The maximum atomic E-state index is 11.1. The predicted molar refractivity (Wildman–Crippen MR) is 71.9 cm³/mol. The quantitative estimate of drug-likeness (QED) is 0.867. The van der Waals surface area contributed by atoms with Crippen LogP contribution >= 0.6 is 15.9 Å². The van der Waals surface area contributed by atoms with Crippen molar-refractivity contribution in [1.82, 2.24) is 9.88 Å². The minimum Gasteiger partial charge on any atom is -0.490 e. The Labute approximate surface area is 115 Å². The van der Waals surface area contributed by atoms with Gasteiger partial charge in [-0.3, -0.25) is 0 Å². The summed E-state index contributed by atoms with van der Waals surface area (Å²) in [5.41, 5.74) is -0.437. The predicted octanol–water partition coefficient (Wildman–Crippen LogP) is 3.00. The molecule has 1 rings (SSSR count). The number of carboxylic acid groups (broad SMARTS) is 1. The van der Waals surface area contributed by atoms with Gasteiger partial charge in [-0.1, -0.05) is 0 Å². The Morgan fingerprint density at radius 3 is 2.61 bits per heavy atom. The smallest absolute Gasteiger partial charge is 0.407 e. The van der Waals surface area contributed by atoms with Gasteiger partial charge in [0.1, 0.15) is 17.0 Å². The molecule has 0 saturated heterocycles. The third kappa shape index (κ3) is 4.52. The van der Waals surface area contributed by atoms with Gasteiger partial charge < -0.3 is 14.7 Å². The van der Waals surface area contributed by atoms with E-state index in [-0.39, 0.29) is 0 Å². The van der Waals surface area contributed by atoms with Crippen LogP contribution in [0, 0.1) is 0 Å². The van der Waals surface area contributed by atoms with Crippen molar-refractivity contribution in [3.63, 3.8) is 0 Å². The molecule has 0 aliphatic heterocycles. The Morgan fingerprint density at radius 1 is 1.50 bits per heavy atom. The van der Waals surface area contributed by atoms with E-state index in [0.29, 0.717) is 18.9 Å². The summed E-state index contributed by atoms with van der Waals surface area (Å²) in [5, 5.41) is 9.09. The fourth-order valence-electron chi connectivity index (χ4n) is 1.42. The zero-order valence-corrected chi connectivity index (χ0v) is 12.3. The van der Waals surface area contributed by atoms with Crippen LogP contribution in [-0.2, 0) is 0 Å². The number of hydrogen-bond acceptors (Lipinski definition) is 3. The number of amides is 1. The topological polar surface area (TPSA) is 62.7 Å². The number of halogens is 1. The molecule has 1 amide bonds. The average molecular weight is 317 g/mol. The van der Waals surface area contributed by atoms with Crippen LogP contribution in [0.2, 0.25) is 0 Å². The van der Waals surface area contributed by atoms with E-state index in [1.165, 1.54) is 4.90 Å². The van der Waals surface area contributed by atoms with Crippen molar-refractivity contribution in [2.45, 2.75) is 26.3 Å². The van der Waals surface area contributed by atoms with Crippen molar-refractivity contribution in [3.05, 3.63) is 22.9 Å².